The summed E-state index contributed by atoms with van der Waals surface area (Å²) in [4.78, 5) is 0. The first-order valence-corrected chi connectivity index (χ1v) is 7.76. The molecule has 0 amide bonds. The van der Waals surface area contributed by atoms with Crippen LogP contribution in [0.5, 0.6) is 0 Å². The maximum Gasteiger partial charge on any atom is 0.143 e. The van der Waals surface area contributed by atoms with Gasteiger partial charge in [0.1, 0.15) is 11.6 Å². The van der Waals surface area contributed by atoms with Crippen LogP contribution < -0.4 is 5.73 Å². The number of benzene rings is 2. The molecule has 0 aromatic heterocycles. The second kappa shape index (κ2) is 7.05. The van der Waals surface area contributed by atoms with E-state index in [0.29, 0.717) is 22.0 Å². The van der Waals surface area contributed by atoms with Gasteiger partial charge in [0.25, 0.3) is 0 Å². The van der Waals surface area contributed by atoms with E-state index in [1.807, 2.05) is 0 Å². The Kier molecular flexibility index (Phi) is 5.60. The smallest absolute Gasteiger partial charge is 0.143 e. The van der Waals surface area contributed by atoms with Crippen LogP contribution in [0.3, 0.4) is 0 Å². The van der Waals surface area contributed by atoms with E-state index >= 15 is 0 Å². The number of rotatable bonds is 4. The molecule has 1 nitrogen and oxygen atoms in total. The van der Waals surface area contributed by atoms with Crippen molar-refractivity contribution >= 4 is 39.1 Å². The van der Waals surface area contributed by atoms with Crippen LogP contribution in [0.4, 0.5) is 8.78 Å². The van der Waals surface area contributed by atoms with E-state index in [9.17, 15) is 8.78 Å². The maximum absolute atomic E-state index is 13.9. The highest BCUT2D eigenvalue weighted by atomic mass is 79.9. The second-order valence-corrected chi connectivity index (χ2v) is 6.36. The van der Waals surface area contributed by atoms with Crippen LogP contribution in [0.15, 0.2) is 34.8 Å². The van der Waals surface area contributed by atoms with Gasteiger partial charge in [0.15, 0.2) is 0 Å². The van der Waals surface area contributed by atoms with Gasteiger partial charge in [-0.2, -0.15) is 0 Å². The molecule has 0 spiro atoms. The Balaban J connectivity index is 2.20. The van der Waals surface area contributed by atoms with Gasteiger partial charge in [-0.25, -0.2) is 8.78 Å². The third-order valence-electron chi connectivity index (χ3n) is 3.13. The normalized spacial score (nSPS) is 12.5. The molecule has 0 radical (unpaired) electrons. The summed E-state index contributed by atoms with van der Waals surface area (Å²) >= 11 is 15.2. The molecule has 2 aromatic carbocycles. The predicted octanol–water partition coefficient (Wildman–Crippen LogP) is 5.15. The molecule has 2 N–H and O–H groups in total. The van der Waals surface area contributed by atoms with Crippen LogP contribution in [0.2, 0.25) is 10.0 Å². The van der Waals surface area contributed by atoms with E-state index in [0.717, 1.165) is 0 Å². The molecule has 0 bridgehead atoms. The van der Waals surface area contributed by atoms with Crippen LogP contribution in [0.1, 0.15) is 11.1 Å². The summed E-state index contributed by atoms with van der Waals surface area (Å²) in [5.41, 5.74) is 6.64. The first kappa shape index (κ1) is 16.7. The molecule has 1 atom stereocenters. The summed E-state index contributed by atoms with van der Waals surface area (Å²) in [6.45, 7) is 0. The number of hydrogen-bond donors (Lipinski definition) is 1. The molecule has 1 unspecified atom stereocenters. The Hall–Kier alpha value is -0.680. The van der Waals surface area contributed by atoms with Gasteiger partial charge in [0, 0.05) is 21.7 Å². The number of nitrogens with two attached hydrogens (primary N) is 1. The predicted molar refractivity (Wildman–Crippen MR) is 85.9 cm³/mol. The Bertz CT molecular complexity index is 644. The highest BCUT2D eigenvalue weighted by Crippen LogP contribution is 2.27. The second-order valence-electron chi connectivity index (χ2n) is 4.69. The average Bonchev–Trinajstić information content (AvgIpc) is 2.43. The van der Waals surface area contributed by atoms with Crippen molar-refractivity contribution in [3.8, 4) is 0 Å². The fraction of sp³-hybridized carbons (Fsp3) is 0.200. The van der Waals surface area contributed by atoms with Crippen LogP contribution >= 0.6 is 39.1 Å². The van der Waals surface area contributed by atoms with E-state index in [2.05, 4.69) is 15.9 Å². The van der Waals surface area contributed by atoms with Crippen LogP contribution in [-0.2, 0) is 12.8 Å². The Morgan fingerprint density at radius 3 is 2.19 bits per heavy atom. The van der Waals surface area contributed by atoms with Gasteiger partial charge in [-0.3, -0.25) is 0 Å². The first-order chi connectivity index (χ1) is 9.90. The fourth-order valence-corrected chi connectivity index (χ4v) is 3.00. The minimum absolute atomic E-state index is 0.0416. The molecule has 0 fully saturated rings. The average molecular weight is 395 g/mol. The van der Waals surface area contributed by atoms with E-state index in [-0.39, 0.29) is 16.5 Å². The molecule has 21 heavy (non-hydrogen) atoms. The quantitative estimate of drug-likeness (QED) is 0.713. The molecule has 2 aromatic rings. The fourth-order valence-electron chi connectivity index (χ4n) is 2.08. The van der Waals surface area contributed by atoms with Crippen LogP contribution in [0, 0.1) is 11.6 Å². The monoisotopic (exact) mass is 393 g/mol. The summed E-state index contributed by atoms with van der Waals surface area (Å²) < 4.78 is 27.9. The minimum atomic E-state index is -0.629. The zero-order chi connectivity index (χ0) is 15.6. The molecule has 0 aliphatic heterocycles. The van der Waals surface area contributed by atoms with Crippen molar-refractivity contribution in [2.24, 2.45) is 5.73 Å². The topological polar surface area (TPSA) is 26.0 Å². The lowest BCUT2D eigenvalue weighted by Gasteiger charge is -2.15. The summed E-state index contributed by atoms with van der Waals surface area (Å²) in [5, 5.41) is 0.987. The van der Waals surface area contributed by atoms with Gasteiger partial charge in [0.2, 0.25) is 0 Å². The summed E-state index contributed by atoms with van der Waals surface area (Å²) in [7, 11) is 0. The van der Waals surface area contributed by atoms with Crippen molar-refractivity contribution in [3.05, 3.63) is 67.6 Å². The van der Waals surface area contributed by atoms with Crippen LogP contribution in [0.25, 0.3) is 0 Å². The first-order valence-electron chi connectivity index (χ1n) is 6.21. The molecular formula is C15H12BrCl2F2N. The molecular weight excluding hydrogens is 383 g/mol. The molecule has 2 rings (SSSR count). The Morgan fingerprint density at radius 2 is 1.57 bits per heavy atom. The maximum atomic E-state index is 13.9. The lowest BCUT2D eigenvalue weighted by molar-refractivity contribution is 0.530. The van der Waals surface area contributed by atoms with Gasteiger partial charge in [-0.15, -0.1) is 0 Å². The van der Waals surface area contributed by atoms with E-state index in [4.69, 9.17) is 28.9 Å². The lowest BCUT2D eigenvalue weighted by atomic mass is 9.99. The number of halogens is 5. The Labute approximate surface area is 140 Å². The summed E-state index contributed by atoms with van der Waals surface area (Å²) in [6, 6.07) is 7.17. The summed E-state index contributed by atoms with van der Waals surface area (Å²) in [6.07, 6.45) is 0.391. The van der Waals surface area contributed by atoms with Crippen molar-refractivity contribution in [1.82, 2.24) is 0 Å². The van der Waals surface area contributed by atoms with Crippen molar-refractivity contribution in [2.75, 3.05) is 0 Å². The van der Waals surface area contributed by atoms with Crippen molar-refractivity contribution in [2.45, 2.75) is 18.9 Å². The van der Waals surface area contributed by atoms with E-state index in [1.54, 1.807) is 18.2 Å². The van der Waals surface area contributed by atoms with Gasteiger partial charge < -0.3 is 5.73 Å². The van der Waals surface area contributed by atoms with E-state index < -0.39 is 17.7 Å². The van der Waals surface area contributed by atoms with Crippen molar-refractivity contribution < 1.29 is 8.78 Å². The van der Waals surface area contributed by atoms with Gasteiger partial charge in [-0.05, 0) is 58.6 Å². The van der Waals surface area contributed by atoms with Gasteiger partial charge >= 0.3 is 0 Å². The van der Waals surface area contributed by atoms with Crippen LogP contribution in [-0.4, -0.2) is 6.04 Å². The highest BCUT2D eigenvalue weighted by Gasteiger charge is 2.17. The lowest BCUT2D eigenvalue weighted by Crippen LogP contribution is -2.27. The SMILES string of the molecule is NC(Cc1c(Cl)cccc1Cl)Cc1c(F)ccc(Br)c1F. The molecule has 0 aliphatic carbocycles. The van der Waals surface area contributed by atoms with E-state index in [1.165, 1.54) is 12.1 Å². The molecule has 6 heteroatoms. The molecule has 0 saturated carbocycles. The van der Waals surface area contributed by atoms with Gasteiger partial charge in [-0.1, -0.05) is 29.3 Å². The zero-order valence-electron chi connectivity index (χ0n) is 10.8. The molecule has 112 valence electrons. The summed E-state index contributed by atoms with van der Waals surface area (Å²) in [5.74, 6) is -1.24. The van der Waals surface area contributed by atoms with Gasteiger partial charge in [0.05, 0.1) is 4.47 Å². The largest absolute Gasteiger partial charge is 0.327 e. The minimum Gasteiger partial charge on any atom is -0.327 e. The molecule has 0 heterocycles. The molecule has 0 saturated heterocycles. The van der Waals surface area contributed by atoms with Crippen molar-refractivity contribution in [1.29, 1.82) is 0 Å². The standard InChI is InChI=1S/C15H12BrCl2F2N/c16-11-4-5-14(19)10(15(11)20)7-8(21)6-9-12(17)2-1-3-13(9)18/h1-5,8H,6-7,21H2. The zero-order valence-corrected chi connectivity index (χ0v) is 13.9. The molecule has 0 aliphatic rings. The third-order valence-corrected chi connectivity index (χ3v) is 4.45. The Morgan fingerprint density at radius 1 is 1.00 bits per heavy atom. The van der Waals surface area contributed by atoms with Crippen molar-refractivity contribution in [3.63, 3.8) is 0 Å². The number of hydrogen-bond acceptors (Lipinski definition) is 1. The third kappa shape index (κ3) is 3.95. The highest BCUT2D eigenvalue weighted by molar-refractivity contribution is 9.10.